The lowest BCUT2D eigenvalue weighted by atomic mass is 9.98. The number of hydrogen-bond donors (Lipinski definition) is 2. The van der Waals surface area contributed by atoms with Gasteiger partial charge in [-0.1, -0.05) is 23.7 Å². The van der Waals surface area contributed by atoms with Gasteiger partial charge in [0.15, 0.2) is 11.6 Å². The van der Waals surface area contributed by atoms with Crippen LogP contribution in [0, 0.1) is 23.3 Å². The minimum Gasteiger partial charge on any atom is -0.271 e. The van der Waals surface area contributed by atoms with Crippen LogP contribution in [-0.4, -0.2) is 0 Å². The summed E-state index contributed by atoms with van der Waals surface area (Å²) in [5.74, 6) is 1.17. The van der Waals surface area contributed by atoms with Crippen LogP contribution in [-0.2, 0) is 0 Å². The van der Waals surface area contributed by atoms with Gasteiger partial charge in [-0.05, 0) is 18.2 Å². The Morgan fingerprint density at radius 1 is 0.950 bits per heavy atom. The lowest BCUT2D eigenvalue weighted by Crippen LogP contribution is -2.30. The summed E-state index contributed by atoms with van der Waals surface area (Å²) < 4.78 is 54.2. The fraction of sp³-hybridized carbons (Fsp3) is 0.0769. The van der Waals surface area contributed by atoms with E-state index in [1.54, 1.807) is 0 Å². The molecule has 0 amide bonds. The monoisotopic (exact) mass is 304 g/mol. The van der Waals surface area contributed by atoms with E-state index in [4.69, 9.17) is 17.4 Å². The van der Waals surface area contributed by atoms with Gasteiger partial charge < -0.3 is 0 Å². The first-order valence-electron chi connectivity index (χ1n) is 5.50. The van der Waals surface area contributed by atoms with Crippen molar-refractivity contribution in [1.82, 2.24) is 5.43 Å². The Bertz CT molecular complexity index is 649. The van der Waals surface area contributed by atoms with Gasteiger partial charge in [-0.25, -0.2) is 23.0 Å². The fourth-order valence-corrected chi connectivity index (χ4v) is 2.00. The molecule has 1 unspecified atom stereocenters. The van der Waals surface area contributed by atoms with E-state index in [2.05, 4.69) is 5.43 Å². The standard InChI is InChI=1S/C13H9ClF4N2/c14-8-5-10(16)7(4-11(8)17)13(20-19)6-2-1-3-9(15)12(6)18/h1-5,13,20H,19H2. The third-order valence-electron chi connectivity index (χ3n) is 2.81. The molecule has 0 radical (unpaired) electrons. The number of hydrazine groups is 1. The Balaban J connectivity index is 2.58. The number of nitrogens with one attached hydrogen (secondary N) is 1. The molecule has 0 aliphatic carbocycles. The van der Waals surface area contributed by atoms with E-state index in [0.29, 0.717) is 0 Å². The quantitative estimate of drug-likeness (QED) is 0.394. The van der Waals surface area contributed by atoms with Gasteiger partial charge in [-0.3, -0.25) is 5.84 Å². The topological polar surface area (TPSA) is 38.0 Å². The fourth-order valence-electron chi connectivity index (χ4n) is 1.85. The molecular formula is C13H9ClF4N2. The Labute approximate surface area is 117 Å². The van der Waals surface area contributed by atoms with Gasteiger partial charge in [0.2, 0.25) is 0 Å². The molecule has 1 atom stereocenters. The molecule has 0 fully saturated rings. The van der Waals surface area contributed by atoms with E-state index in [0.717, 1.165) is 18.2 Å². The van der Waals surface area contributed by atoms with E-state index >= 15 is 0 Å². The van der Waals surface area contributed by atoms with Crippen molar-refractivity contribution < 1.29 is 17.6 Å². The number of nitrogens with two attached hydrogens (primary N) is 1. The van der Waals surface area contributed by atoms with Crippen molar-refractivity contribution in [2.24, 2.45) is 5.84 Å². The highest BCUT2D eigenvalue weighted by atomic mass is 35.5. The van der Waals surface area contributed by atoms with Crippen LogP contribution >= 0.6 is 11.6 Å². The van der Waals surface area contributed by atoms with Crippen molar-refractivity contribution in [2.45, 2.75) is 6.04 Å². The molecule has 20 heavy (non-hydrogen) atoms. The van der Waals surface area contributed by atoms with E-state index in [-0.39, 0.29) is 11.1 Å². The highest BCUT2D eigenvalue weighted by Gasteiger charge is 2.23. The zero-order valence-electron chi connectivity index (χ0n) is 9.93. The summed E-state index contributed by atoms with van der Waals surface area (Å²) in [7, 11) is 0. The molecule has 0 aliphatic rings. The van der Waals surface area contributed by atoms with Gasteiger partial charge in [-0.2, -0.15) is 0 Å². The van der Waals surface area contributed by atoms with Gasteiger partial charge in [0.05, 0.1) is 11.1 Å². The lowest BCUT2D eigenvalue weighted by Gasteiger charge is -2.18. The minimum absolute atomic E-state index is 0.242. The molecule has 2 aromatic carbocycles. The summed E-state index contributed by atoms with van der Waals surface area (Å²) in [5, 5.41) is -0.415. The van der Waals surface area contributed by atoms with Crippen molar-refractivity contribution in [2.75, 3.05) is 0 Å². The summed E-state index contributed by atoms with van der Waals surface area (Å²) >= 11 is 5.44. The van der Waals surface area contributed by atoms with E-state index < -0.39 is 34.3 Å². The predicted octanol–water partition coefficient (Wildman–Crippen LogP) is 3.45. The van der Waals surface area contributed by atoms with Crippen molar-refractivity contribution in [3.63, 3.8) is 0 Å². The Kier molecular flexibility index (Phi) is 4.27. The molecule has 7 heteroatoms. The van der Waals surface area contributed by atoms with Crippen molar-refractivity contribution in [3.05, 3.63) is 69.8 Å². The van der Waals surface area contributed by atoms with Crippen molar-refractivity contribution in [1.29, 1.82) is 0 Å². The molecule has 0 spiro atoms. The third kappa shape index (κ3) is 2.63. The smallest absolute Gasteiger partial charge is 0.163 e. The molecule has 2 aromatic rings. The average molecular weight is 305 g/mol. The van der Waals surface area contributed by atoms with Crippen LogP contribution in [0.15, 0.2) is 30.3 Å². The molecule has 0 aromatic heterocycles. The molecule has 0 saturated carbocycles. The maximum atomic E-state index is 13.8. The van der Waals surface area contributed by atoms with Crippen LogP contribution in [0.25, 0.3) is 0 Å². The lowest BCUT2D eigenvalue weighted by molar-refractivity contribution is 0.476. The minimum atomic E-state index is -1.25. The number of benzene rings is 2. The first-order chi connectivity index (χ1) is 9.45. The van der Waals surface area contributed by atoms with Crippen LogP contribution in [0.4, 0.5) is 17.6 Å². The SMILES string of the molecule is NNC(c1cc(F)c(Cl)cc1F)c1cccc(F)c1F. The van der Waals surface area contributed by atoms with Gasteiger partial charge >= 0.3 is 0 Å². The van der Waals surface area contributed by atoms with Crippen molar-refractivity contribution >= 4 is 11.6 Å². The molecule has 3 N–H and O–H groups in total. The summed E-state index contributed by atoms with van der Waals surface area (Å²) in [6.45, 7) is 0. The molecular weight excluding hydrogens is 296 g/mol. The number of halogens is 5. The first-order valence-corrected chi connectivity index (χ1v) is 5.88. The number of rotatable bonds is 3. The molecule has 2 nitrogen and oxygen atoms in total. The predicted molar refractivity (Wildman–Crippen MR) is 66.9 cm³/mol. The molecule has 0 bridgehead atoms. The maximum Gasteiger partial charge on any atom is 0.163 e. The number of hydrogen-bond acceptors (Lipinski definition) is 2. The largest absolute Gasteiger partial charge is 0.271 e. The molecule has 0 saturated heterocycles. The first kappa shape index (κ1) is 14.8. The summed E-state index contributed by atoms with van der Waals surface area (Å²) in [6.07, 6.45) is 0. The Morgan fingerprint density at radius 2 is 1.65 bits per heavy atom. The zero-order valence-corrected chi connectivity index (χ0v) is 10.7. The average Bonchev–Trinajstić information content (AvgIpc) is 2.41. The molecule has 0 aliphatic heterocycles. The van der Waals surface area contributed by atoms with Crippen LogP contribution in [0.2, 0.25) is 5.02 Å². The van der Waals surface area contributed by atoms with E-state index in [1.165, 1.54) is 12.1 Å². The van der Waals surface area contributed by atoms with Crippen LogP contribution in [0.1, 0.15) is 17.2 Å². The Hall–Kier alpha value is -1.63. The van der Waals surface area contributed by atoms with Gasteiger partial charge in [0.1, 0.15) is 11.6 Å². The maximum absolute atomic E-state index is 13.8. The highest BCUT2D eigenvalue weighted by Crippen LogP contribution is 2.29. The second-order valence-corrected chi connectivity index (χ2v) is 4.44. The van der Waals surface area contributed by atoms with Crippen molar-refractivity contribution in [3.8, 4) is 0 Å². The van der Waals surface area contributed by atoms with E-state index in [1.807, 2.05) is 0 Å². The molecule has 0 heterocycles. The second-order valence-electron chi connectivity index (χ2n) is 4.03. The summed E-state index contributed by atoms with van der Waals surface area (Å²) in [6, 6.07) is 3.64. The Morgan fingerprint density at radius 3 is 2.30 bits per heavy atom. The summed E-state index contributed by atoms with van der Waals surface area (Å²) in [4.78, 5) is 0. The van der Waals surface area contributed by atoms with Crippen LogP contribution in [0.3, 0.4) is 0 Å². The normalized spacial score (nSPS) is 12.5. The van der Waals surface area contributed by atoms with Crippen LogP contribution in [0.5, 0.6) is 0 Å². The molecule has 106 valence electrons. The highest BCUT2D eigenvalue weighted by molar-refractivity contribution is 6.30. The van der Waals surface area contributed by atoms with Gasteiger partial charge in [0, 0.05) is 11.1 Å². The zero-order chi connectivity index (χ0) is 14.9. The third-order valence-corrected chi connectivity index (χ3v) is 3.10. The van der Waals surface area contributed by atoms with E-state index in [9.17, 15) is 17.6 Å². The van der Waals surface area contributed by atoms with Crippen LogP contribution < -0.4 is 11.3 Å². The van der Waals surface area contributed by atoms with Gasteiger partial charge in [0.25, 0.3) is 0 Å². The summed E-state index contributed by atoms with van der Waals surface area (Å²) in [5.41, 5.74) is 1.61. The second kappa shape index (κ2) is 5.78. The molecule has 2 rings (SSSR count). The van der Waals surface area contributed by atoms with Gasteiger partial charge in [-0.15, -0.1) is 0 Å².